The van der Waals surface area contributed by atoms with Crippen LogP contribution in [0.15, 0.2) is 16.6 Å². The van der Waals surface area contributed by atoms with Gasteiger partial charge in [-0.25, -0.2) is 0 Å². The monoisotopic (exact) mass is 233 g/mol. The van der Waals surface area contributed by atoms with Crippen molar-refractivity contribution in [3.63, 3.8) is 0 Å². The fraction of sp³-hybridized carbons (Fsp3) is 0.667. The molecule has 0 rings (SSSR count). The van der Waals surface area contributed by atoms with Crippen molar-refractivity contribution in [3.05, 3.63) is 11.6 Å². The molecule has 0 heterocycles. The van der Waals surface area contributed by atoms with E-state index in [9.17, 15) is 0 Å². The number of alkyl halides is 1. The first-order valence-electron chi connectivity index (χ1n) is 4.21. The van der Waals surface area contributed by atoms with Crippen LogP contribution in [0.5, 0.6) is 0 Å². The average molecular weight is 234 g/mol. The van der Waals surface area contributed by atoms with E-state index in [-0.39, 0.29) is 0 Å². The van der Waals surface area contributed by atoms with E-state index in [0.717, 1.165) is 12.8 Å². The second-order valence-corrected chi connectivity index (χ2v) is 3.53. The summed E-state index contributed by atoms with van der Waals surface area (Å²) in [5.41, 5.74) is 1.23. The number of aliphatic hydroxyl groups is 1. The Labute approximate surface area is 82.5 Å². The third-order valence-electron chi connectivity index (χ3n) is 1.39. The van der Waals surface area contributed by atoms with Crippen LogP contribution in [0, 0.1) is 0 Å². The molecule has 0 aliphatic rings. The van der Waals surface area contributed by atoms with Crippen LogP contribution in [0.1, 0.15) is 26.7 Å². The predicted octanol–water partition coefficient (Wildman–Crippen LogP) is 2.52. The molecule has 0 aromatic rings. The molecule has 1 atom stereocenters. The van der Waals surface area contributed by atoms with Crippen LogP contribution in [0.4, 0.5) is 0 Å². The van der Waals surface area contributed by atoms with Crippen LogP contribution in [0.25, 0.3) is 0 Å². The Bertz CT molecular complexity index is 164. The van der Waals surface area contributed by atoms with Crippen LogP contribution < -0.4 is 0 Å². The molecule has 0 saturated carbocycles. The molecule has 70 valence electrons. The molecule has 1 N–H and O–H groups in total. The molecule has 1 unspecified atom stereocenters. The quantitative estimate of drug-likeness (QED) is 0.575. The van der Waals surface area contributed by atoms with Crippen LogP contribution in [0.2, 0.25) is 0 Å². The first-order chi connectivity index (χ1) is 5.70. The zero-order chi connectivity index (χ0) is 9.40. The minimum absolute atomic E-state index is 0.418. The lowest BCUT2D eigenvalue weighted by atomic mass is 10.2. The Morgan fingerprint density at radius 2 is 2.25 bits per heavy atom. The number of nitrogens with zero attached hydrogens (tertiary/aromatic N) is 1. The maximum atomic E-state index is 8.85. The van der Waals surface area contributed by atoms with Gasteiger partial charge < -0.3 is 5.11 Å². The highest BCUT2D eigenvalue weighted by Gasteiger charge is 1.92. The summed E-state index contributed by atoms with van der Waals surface area (Å²) in [6.45, 7) is 4.61. The Morgan fingerprint density at radius 3 is 2.67 bits per heavy atom. The summed E-state index contributed by atoms with van der Waals surface area (Å²) >= 11 is 3.01. The van der Waals surface area contributed by atoms with E-state index in [2.05, 4.69) is 40.8 Å². The molecule has 12 heavy (non-hydrogen) atoms. The second-order valence-electron chi connectivity index (χ2n) is 2.47. The lowest BCUT2D eigenvalue weighted by Gasteiger charge is -1.97. The van der Waals surface area contributed by atoms with Gasteiger partial charge in [0.15, 0.2) is 0 Å². The Hall–Kier alpha value is -0.150. The summed E-state index contributed by atoms with van der Waals surface area (Å²) in [5.74, 6) is 0. The van der Waals surface area contributed by atoms with Crippen LogP contribution in [-0.4, -0.2) is 22.9 Å². The van der Waals surface area contributed by atoms with E-state index in [1.807, 2.05) is 6.21 Å². The van der Waals surface area contributed by atoms with E-state index < -0.39 is 5.01 Å². The number of hydrogen-bond donors (Lipinski definition) is 1. The summed E-state index contributed by atoms with van der Waals surface area (Å²) in [6.07, 6.45) is 6.00. The van der Waals surface area contributed by atoms with E-state index in [0.29, 0.717) is 6.54 Å². The first kappa shape index (κ1) is 11.8. The Kier molecular flexibility index (Phi) is 7.40. The van der Waals surface area contributed by atoms with Gasteiger partial charge in [0.1, 0.15) is 5.01 Å². The van der Waals surface area contributed by atoms with Crippen molar-refractivity contribution in [2.75, 3.05) is 6.54 Å². The molecule has 0 saturated heterocycles. The minimum atomic E-state index is -0.520. The van der Waals surface area contributed by atoms with Gasteiger partial charge in [-0.05, 0) is 18.4 Å². The maximum absolute atomic E-state index is 8.85. The van der Waals surface area contributed by atoms with Crippen molar-refractivity contribution in [2.45, 2.75) is 31.7 Å². The Balaban J connectivity index is 3.85. The van der Waals surface area contributed by atoms with E-state index in [4.69, 9.17) is 5.11 Å². The molecule has 0 spiro atoms. The van der Waals surface area contributed by atoms with E-state index >= 15 is 0 Å². The lowest BCUT2D eigenvalue weighted by Crippen LogP contribution is -1.99. The summed E-state index contributed by atoms with van der Waals surface area (Å²) in [6, 6.07) is 0. The predicted molar refractivity (Wildman–Crippen MR) is 57.0 cm³/mol. The van der Waals surface area contributed by atoms with Crippen LogP contribution >= 0.6 is 15.9 Å². The third-order valence-corrected chi connectivity index (χ3v) is 1.68. The van der Waals surface area contributed by atoms with Crippen molar-refractivity contribution < 1.29 is 5.11 Å². The SMILES string of the molecule is CC/C=C(/C=N\CC(O)Br)CC. The lowest BCUT2D eigenvalue weighted by molar-refractivity contribution is 0.279. The molecule has 0 bridgehead atoms. The molecule has 2 nitrogen and oxygen atoms in total. The largest absolute Gasteiger partial charge is 0.380 e. The number of rotatable bonds is 5. The fourth-order valence-electron chi connectivity index (χ4n) is 0.807. The molecule has 0 aliphatic heterocycles. The van der Waals surface area contributed by atoms with Gasteiger partial charge in [-0.2, -0.15) is 0 Å². The zero-order valence-electron chi connectivity index (χ0n) is 7.63. The second kappa shape index (κ2) is 7.50. The van der Waals surface area contributed by atoms with Crippen molar-refractivity contribution in [1.29, 1.82) is 0 Å². The van der Waals surface area contributed by atoms with Crippen LogP contribution in [0.3, 0.4) is 0 Å². The van der Waals surface area contributed by atoms with E-state index in [1.165, 1.54) is 5.57 Å². The topological polar surface area (TPSA) is 32.6 Å². The molecular formula is C9H16BrNO. The number of allylic oxidation sites excluding steroid dienone is 2. The van der Waals surface area contributed by atoms with Crippen molar-refractivity contribution in [1.82, 2.24) is 0 Å². The smallest absolute Gasteiger partial charge is 0.128 e. The van der Waals surface area contributed by atoms with Crippen molar-refractivity contribution in [3.8, 4) is 0 Å². The van der Waals surface area contributed by atoms with Gasteiger partial charge in [0.2, 0.25) is 0 Å². The molecule has 3 heteroatoms. The van der Waals surface area contributed by atoms with Crippen molar-refractivity contribution in [2.24, 2.45) is 4.99 Å². The normalized spacial score (nSPS) is 15.5. The van der Waals surface area contributed by atoms with Gasteiger partial charge in [0.25, 0.3) is 0 Å². The molecule has 0 aromatic carbocycles. The molecule has 0 amide bonds. The zero-order valence-corrected chi connectivity index (χ0v) is 9.21. The number of aliphatic hydroxyl groups excluding tert-OH is 1. The molecule has 0 fully saturated rings. The fourth-order valence-corrected chi connectivity index (χ4v) is 0.975. The summed E-state index contributed by atoms with van der Waals surface area (Å²) < 4.78 is 0. The highest BCUT2D eigenvalue weighted by atomic mass is 79.9. The summed E-state index contributed by atoms with van der Waals surface area (Å²) in [4.78, 5) is 4.07. The Morgan fingerprint density at radius 1 is 1.58 bits per heavy atom. The van der Waals surface area contributed by atoms with Crippen LogP contribution in [-0.2, 0) is 0 Å². The number of halogens is 1. The van der Waals surface area contributed by atoms with Gasteiger partial charge >= 0.3 is 0 Å². The third kappa shape index (κ3) is 6.55. The maximum Gasteiger partial charge on any atom is 0.128 e. The highest BCUT2D eigenvalue weighted by molar-refractivity contribution is 9.09. The van der Waals surface area contributed by atoms with Crippen molar-refractivity contribution >= 4 is 22.1 Å². The summed E-state index contributed by atoms with van der Waals surface area (Å²) in [7, 11) is 0. The van der Waals surface area contributed by atoms with Gasteiger partial charge in [-0.15, -0.1) is 0 Å². The standard InChI is InChI=1S/C9H16BrNO/c1-3-5-8(4-2)6-11-7-9(10)12/h5-6,9,12H,3-4,7H2,1-2H3/b8-5+,11-6-. The van der Waals surface area contributed by atoms with Gasteiger partial charge in [-0.3, -0.25) is 4.99 Å². The first-order valence-corrected chi connectivity index (χ1v) is 5.13. The molecule has 0 aromatic heterocycles. The van der Waals surface area contributed by atoms with E-state index in [1.54, 1.807) is 0 Å². The summed E-state index contributed by atoms with van der Waals surface area (Å²) in [5, 5.41) is 8.33. The minimum Gasteiger partial charge on any atom is -0.380 e. The molecular weight excluding hydrogens is 218 g/mol. The van der Waals surface area contributed by atoms with Gasteiger partial charge in [-0.1, -0.05) is 35.9 Å². The molecule has 0 aliphatic carbocycles. The van der Waals surface area contributed by atoms with Gasteiger partial charge in [0, 0.05) is 6.21 Å². The van der Waals surface area contributed by atoms with Gasteiger partial charge in [0.05, 0.1) is 6.54 Å². The number of hydrogen-bond acceptors (Lipinski definition) is 2. The highest BCUT2D eigenvalue weighted by Crippen LogP contribution is 2.00. The molecule has 0 radical (unpaired) electrons. The average Bonchev–Trinajstić information content (AvgIpc) is 2.02. The number of aliphatic imine (C=N–C) groups is 1.